The van der Waals surface area contributed by atoms with Gasteiger partial charge in [0.15, 0.2) is 5.60 Å². The van der Waals surface area contributed by atoms with E-state index in [-0.39, 0.29) is 6.61 Å². The first-order valence-electron chi connectivity index (χ1n) is 17.8. The van der Waals surface area contributed by atoms with Gasteiger partial charge in [0.2, 0.25) is 0 Å². The lowest BCUT2D eigenvalue weighted by Gasteiger charge is -2.39. The first kappa shape index (κ1) is 36.4. The van der Waals surface area contributed by atoms with Crippen molar-refractivity contribution in [2.24, 2.45) is 0 Å². The molecule has 0 saturated heterocycles. The average Bonchev–Trinajstić information content (AvgIpc) is 3.10. The molecular formula is C42H57N5O2. The molecule has 0 aliphatic carbocycles. The fourth-order valence-corrected chi connectivity index (χ4v) is 7.03. The predicted octanol–water partition coefficient (Wildman–Crippen LogP) is 6.78. The summed E-state index contributed by atoms with van der Waals surface area (Å²) in [5, 5.41) is 13.3. The van der Waals surface area contributed by atoms with Crippen LogP contribution >= 0.6 is 0 Å². The Balaban J connectivity index is 1.60. The molecule has 5 rings (SSSR count). The van der Waals surface area contributed by atoms with E-state index >= 15 is 0 Å². The van der Waals surface area contributed by atoms with Crippen molar-refractivity contribution >= 4 is 28.2 Å². The van der Waals surface area contributed by atoms with Gasteiger partial charge >= 0.3 is 0 Å². The van der Waals surface area contributed by atoms with Crippen molar-refractivity contribution < 1.29 is 9.84 Å². The van der Waals surface area contributed by atoms with E-state index in [0.717, 1.165) is 103 Å². The topological polar surface area (TPSA) is 45.7 Å². The minimum atomic E-state index is -0.829. The second-order valence-electron chi connectivity index (χ2n) is 14.2. The van der Waals surface area contributed by atoms with Crippen molar-refractivity contribution in [3.8, 4) is 5.75 Å². The van der Waals surface area contributed by atoms with E-state index in [4.69, 9.17) is 4.74 Å². The van der Waals surface area contributed by atoms with E-state index in [0.29, 0.717) is 0 Å². The van der Waals surface area contributed by atoms with Crippen molar-refractivity contribution in [3.63, 3.8) is 0 Å². The van der Waals surface area contributed by atoms with Gasteiger partial charge in [-0.05, 0) is 99.4 Å². The van der Waals surface area contributed by atoms with E-state index in [1.165, 1.54) is 5.69 Å². The number of rotatable bonds is 17. The first-order valence-corrected chi connectivity index (χ1v) is 17.8. The molecule has 0 fully saturated rings. The van der Waals surface area contributed by atoms with Crippen LogP contribution in [-0.2, 0) is 12.2 Å². The molecule has 1 heterocycles. The van der Waals surface area contributed by atoms with Gasteiger partial charge in [0.1, 0.15) is 5.75 Å². The molecule has 0 saturated carbocycles. The number of hydrogen-bond donors (Lipinski definition) is 1. The molecule has 7 heteroatoms. The largest absolute Gasteiger partial charge is 0.472 e. The van der Waals surface area contributed by atoms with Crippen LogP contribution in [0.5, 0.6) is 5.75 Å². The highest BCUT2D eigenvalue weighted by atomic mass is 16.5. The lowest BCUT2D eigenvalue weighted by Crippen LogP contribution is -2.35. The molecule has 1 unspecified atom stereocenters. The zero-order valence-electron chi connectivity index (χ0n) is 30.8. The quantitative estimate of drug-likeness (QED) is 0.134. The zero-order chi connectivity index (χ0) is 35.0. The van der Waals surface area contributed by atoms with Crippen LogP contribution in [0.2, 0.25) is 0 Å². The minimum Gasteiger partial charge on any atom is -0.472 e. The van der Waals surface area contributed by atoms with Crippen molar-refractivity contribution in [1.82, 2.24) is 14.7 Å². The highest BCUT2D eigenvalue weighted by Crippen LogP contribution is 2.49. The molecule has 1 aliphatic rings. The number of fused-ring (bicyclic) bond motifs is 3. The van der Waals surface area contributed by atoms with E-state index in [9.17, 15) is 5.11 Å². The number of nitrogens with zero attached hydrogens (tertiary/aromatic N) is 5. The molecule has 0 aromatic heterocycles. The van der Waals surface area contributed by atoms with Crippen LogP contribution < -0.4 is 14.5 Å². The third-order valence-corrected chi connectivity index (χ3v) is 9.61. The Morgan fingerprint density at radius 1 is 0.592 bits per heavy atom. The molecule has 4 aromatic rings. The van der Waals surface area contributed by atoms with Crippen LogP contribution in [0.1, 0.15) is 41.5 Å². The van der Waals surface area contributed by atoms with Crippen molar-refractivity contribution in [1.29, 1.82) is 0 Å². The summed E-state index contributed by atoms with van der Waals surface area (Å²) in [6.45, 7) is 5.83. The summed E-state index contributed by atoms with van der Waals surface area (Å²) in [6.07, 6.45) is 7.57. The van der Waals surface area contributed by atoms with Crippen LogP contribution in [-0.4, -0.2) is 108 Å². The predicted molar refractivity (Wildman–Crippen MR) is 208 cm³/mol. The van der Waals surface area contributed by atoms with Gasteiger partial charge in [0.25, 0.3) is 0 Å². The summed E-state index contributed by atoms with van der Waals surface area (Å²) in [4.78, 5) is 11.5. The standard InChI is InChI=1S/C42H57N5O2/c1-43(2)26-13-29-46(7)35-22-20-34(21-23-35)42(33-16-9-8-10-17-33)25-24-38-39(32-48)40(36-18-11-12-19-37(36)41(38)49-42)47(30-14-27-44(3)4)31-15-28-45(5)6/h8-12,16-25,48H,13-15,26-32H2,1-7H3. The SMILES string of the molecule is CN(C)CCCN(C)c1ccc(C2(c3ccccc3)C=Cc3c(CO)c(N(CCCN(C)C)CCCN(C)C)c4ccccc4c3O2)cc1. The summed E-state index contributed by atoms with van der Waals surface area (Å²) in [5.74, 6) is 0.821. The summed E-state index contributed by atoms with van der Waals surface area (Å²) < 4.78 is 7.35. The van der Waals surface area contributed by atoms with Gasteiger partial charge in [-0.2, -0.15) is 0 Å². The Morgan fingerprint density at radius 2 is 1.12 bits per heavy atom. The maximum absolute atomic E-state index is 11.1. The summed E-state index contributed by atoms with van der Waals surface area (Å²) in [6, 6.07) is 27.9. The van der Waals surface area contributed by atoms with Crippen LogP contribution in [0.4, 0.5) is 11.4 Å². The third kappa shape index (κ3) is 8.47. The average molecular weight is 664 g/mol. The maximum Gasteiger partial charge on any atom is 0.178 e. The molecular weight excluding hydrogens is 606 g/mol. The van der Waals surface area contributed by atoms with Crippen LogP contribution in [0, 0.1) is 0 Å². The maximum atomic E-state index is 11.1. The van der Waals surface area contributed by atoms with Crippen molar-refractivity contribution in [3.05, 3.63) is 107 Å². The molecule has 7 nitrogen and oxygen atoms in total. The fourth-order valence-electron chi connectivity index (χ4n) is 7.03. The summed E-state index contributed by atoms with van der Waals surface area (Å²) in [5.41, 5.74) is 5.50. The first-order chi connectivity index (χ1) is 23.6. The molecule has 262 valence electrons. The number of anilines is 2. The Hall–Kier alpha value is -3.88. The number of aliphatic hydroxyl groups is 1. The highest BCUT2D eigenvalue weighted by molar-refractivity contribution is 6.03. The van der Waals surface area contributed by atoms with E-state index in [1.807, 2.05) is 0 Å². The molecule has 0 amide bonds. The Labute approximate surface area is 295 Å². The van der Waals surface area contributed by atoms with E-state index in [2.05, 4.69) is 165 Å². The van der Waals surface area contributed by atoms with Gasteiger partial charge in [0.05, 0.1) is 12.3 Å². The molecule has 0 radical (unpaired) electrons. The second kappa shape index (κ2) is 16.7. The zero-order valence-corrected chi connectivity index (χ0v) is 30.8. The normalized spacial score (nSPS) is 15.7. The molecule has 49 heavy (non-hydrogen) atoms. The van der Waals surface area contributed by atoms with Gasteiger partial charge in [-0.15, -0.1) is 0 Å². The second-order valence-corrected chi connectivity index (χ2v) is 14.2. The molecule has 1 N–H and O–H groups in total. The van der Waals surface area contributed by atoms with Crippen molar-refractivity contribution in [2.75, 3.05) is 98.4 Å². The molecule has 1 atom stereocenters. The smallest absolute Gasteiger partial charge is 0.178 e. The van der Waals surface area contributed by atoms with Gasteiger partial charge in [-0.1, -0.05) is 72.8 Å². The van der Waals surface area contributed by atoms with Gasteiger partial charge < -0.3 is 34.3 Å². The number of ether oxygens (including phenoxy) is 1. The van der Waals surface area contributed by atoms with Crippen LogP contribution in [0.15, 0.2) is 84.9 Å². The van der Waals surface area contributed by atoms with Crippen LogP contribution in [0.3, 0.4) is 0 Å². The summed E-state index contributed by atoms with van der Waals surface area (Å²) >= 11 is 0. The van der Waals surface area contributed by atoms with E-state index in [1.54, 1.807) is 0 Å². The summed E-state index contributed by atoms with van der Waals surface area (Å²) in [7, 11) is 14.9. The number of hydrogen-bond acceptors (Lipinski definition) is 7. The van der Waals surface area contributed by atoms with Crippen molar-refractivity contribution in [2.45, 2.75) is 31.5 Å². The van der Waals surface area contributed by atoms with Gasteiger partial charge in [-0.3, -0.25) is 0 Å². The number of benzene rings is 4. The van der Waals surface area contributed by atoms with Gasteiger partial charge in [-0.25, -0.2) is 0 Å². The monoisotopic (exact) mass is 663 g/mol. The lowest BCUT2D eigenvalue weighted by molar-refractivity contribution is 0.163. The van der Waals surface area contributed by atoms with Crippen LogP contribution in [0.25, 0.3) is 16.8 Å². The Morgan fingerprint density at radius 3 is 1.69 bits per heavy atom. The van der Waals surface area contributed by atoms with E-state index < -0.39 is 5.60 Å². The lowest BCUT2D eigenvalue weighted by atomic mass is 9.82. The minimum absolute atomic E-state index is 0.0682. The molecule has 1 aliphatic heterocycles. The Bertz CT molecular complexity index is 1650. The highest BCUT2D eigenvalue weighted by Gasteiger charge is 2.39. The molecule has 0 bridgehead atoms. The number of aliphatic hydroxyl groups excluding tert-OH is 1. The molecule has 4 aromatic carbocycles. The third-order valence-electron chi connectivity index (χ3n) is 9.61. The fraction of sp³-hybridized carbons (Fsp3) is 0.429. The van der Waals surface area contributed by atoms with Gasteiger partial charge in [0, 0.05) is 65.4 Å². The molecule has 0 spiro atoms. The Kier molecular flexibility index (Phi) is 12.4.